The minimum absolute atomic E-state index is 0.00621. The first-order valence-corrected chi connectivity index (χ1v) is 9.84. The summed E-state index contributed by atoms with van der Waals surface area (Å²) in [6.45, 7) is 0.637. The molecule has 0 saturated carbocycles. The van der Waals surface area contributed by atoms with Gasteiger partial charge in [-0.2, -0.15) is 0 Å². The fourth-order valence-corrected chi connectivity index (χ4v) is 4.51. The molecule has 3 heteroatoms. The second-order valence-corrected chi connectivity index (χ2v) is 7.59. The molecule has 2 aliphatic rings. The zero-order valence-electron chi connectivity index (χ0n) is 15.6. The van der Waals surface area contributed by atoms with E-state index in [0.29, 0.717) is 18.5 Å². The minimum Gasteiger partial charge on any atom is -0.307 e. The van der Waals surface area contributed by atoms with Crippen LogP contribution in [-0.4, -0.2) is 18.2 Å². The molecule has 138 valence electrons. The number of hydrogen-bond donors (Lipinski definition) is 0. The molecule has 3 aromatic rings. The Balaban J connectivity index is 1.51. The van der Waals surface area contributed by atoms with Gasteiger partial charge in [0.05, 0.1) is 0 Å². The highest BCUT2D eigenvalue weighted by molar-refractivity contribution is 6.08. The Hall–Kier alpha value is -3.20. The lowest BCUT2D eigenvalue weighted by molar-refractivity contribution is 0.0965. The molecule has 5 rings (SSSR count). The number of ketones is 1. The summed E-state index contributed by atoms with van der Waals surface area (Å²) in [5, 5.41) is 0. The maximum absolute atomic E-state index is 13.4. The second kappa shape index (κ2) is 6.75. The van der Waals surface area contributed by atoms with Gasteiger partial charge in [0.15, 0.2) is 5.78 Å². The lowest BCUT2D eigenvalue weighted by Gasteiger charge is -2.20. The predicted octanol–water partition coefficient (Wildman–Crippen LogP) is 5.00. The van der Waals surface area contributed by atoms with E-state index in [9.17, 15) is 9.59 Å². The van der Waals surface area contributed by atoms with E-state index in [1.807, 2.05) is 59.5 Å². The lowest BCUT2D eigenvalue weighted by atomic mass is 9.89. The highest BCUT2D eigenvalue weighted by Crippen LogP contribution is 2.40. The average Bonchev–Trinajstić information content (AvgIpc) is 3.13. The lowest BCUT2D eigenvalue weighted by Crippen LogP contribution is -2.30. The summed E-state index contributed by atoms with van der Waals surface area (Å²) in [6, 6.07) is 24.1. The summed E-state index contributed by atoms with van der Waals surface area (Å²) in [6.07, 6.45) is 2.34. The number of hydrogen-bond acceptors (Lipinski definition) is 2. The Kier molecular flexibility index (Phi) is 4.09. The van der Waals surface area contributed by atoms with Crippen molar-refractivity contribution in [2.24, 2.45) is 0 Å². The van der Waals surface area contributed by atoms with Gasteiger partial charge in [-0.3, -0.25) is 9.59 Å². The molecule has 0 bridgehead atoms. The highest BCUT2D eigenvalue weighted by atomic mass is 16.2. The van der Waals surface area contributed by atoms with Crippen molar-refractivity contribution in [1.82, 2.24) is 0 Å². The van der Waals surface area contributed by atoms with Crippen molar-refractivity contribution in [2.45, 2.75) is 25.2 Å². The SMILES string of the molecule is O=C1CCCc2cc(C(=O)N3CC(c4ccccc4)c4ccccc43)ccc21. The van der Waals surface area contributed by atoms with Crippen LogP contribution in [-0.2, 0) is 6.42 Å². The van der Waals surface area contributed by atoms with Gasteiger partial charge in [0.25, 0.3) is 5.91 Å². The quantitative estimate of drug-likeness (QED) is 0.639. The summed E-state index contributed by atoms with van der Waals surface area (Å²) in [7, 11) is 0. The van der Waals surface area contributed by atoms with Crippen LogP contribution in [0.15, 0.2) is 72.8 Å². The van der Waals surface area contributed by atoms with Crippen LogP contribution in [0.1, 0.15) is 56.2 Å². The van der Waals surface area contributed by atoms with Gasteiger partial charge in [-0.1, -0.05) is 54.6 Å². The molecular weight excluding hydrogens is 346 g/mol. The maximum Gasteiger partial charge on any atom is 0.258 e. The fraction of sp³-hybridized carbons (Fsp3) is 0.200. The summed E-state index contributed by atoms with van der Waals surface area (Å²) in [5.74, 6) is 0.378. The molecule has 1 heterocycles. The Labute approximate surface area is 164 Å². The number of carbonyl (C=O) groups excluding carboxylic acids is 2. The Bertz CT molecular complexity index is 1070. The van der Waals surface area contributed by atoms with E-state index in [-0.39, 0.29) is 17.6 Å². The third-order valence-electron chi connectivity index (χ3n) is 5.92. The third-order valence-corrected chi connectivity index (χ3v) is 5.92. The number of para-hydroxylation sites is 1. The Morgan fingerprint density at radius 2 is 1.68 bits per heavy atom. The topological polar surface area (TPSA) is 37.4 Å². The summed E-state index contributed by atoms with van der Waals surface area (Å²) < 4.78 is 0. The van der Waals surface area contributed by atoms with Crippen LogP contribution in [0.3, 0.4) is 0 Å². The monoisotopic (exact) mass is 367 g/mol. The molecule has 3 aromatic carbocycles. The van der Waals surface area contributed by atoms with E-state index < -0.39 is 0 Å². The fourth-order valence-electron chi connectivity index (χ4n) is 4.51. The Morgan fingerprint density at radius 3 is 2.54 bits per heavy atom. The van der Waals surface area contributed by atoms with E-state index in [2.05, 4.69) is 18.2 Å². The molecule has 0 N–H and O–H groups in total. The number of anilines is 1. The number of benzene rings is 3. The van der Waals surface area contributed by atoms with Crippen molar-refractivity contribution in [3.63, 3.8) is 0 Å². The number of rotatable bonds is 2. The summed E-state index contributed by atoms with van der Waals surface area (Å²) in [5.41, 5.74) is 5.85. The van der Waals surface area contributed by atoms with Gasteiger partial charge in [0.2, 0.25) is 0 Å². The smallest absolute Gasteiger partial charge is 0.258 e. The first kappa shape index (κ1) is 16.9. The van der Waals surface area contributed by atoms with Gasteiger partial charge in [0.1, 0.15) is 0 Å². The van der Waals surface area contributed by atoms with E-state index in [0.717, 1.165) is 29.7 Å². The number of Topliss-reactive ketones (excluding diaryl/α,β-unsaturated/α-hetero) is 1. The average molecular weight is 367 g/mol. The number of nitrogens with zero attached hydrogens (tertiary/aromatic N) is 1. The van der Waals surface area contributed by atoms with Crippen molar-refractivity contribution < 1.29 is 9.59 Å². The van der Waals surface area contributed by atoms with Crippen molar-refractivity contribution in [3.05, 3.63) is 101 Å². The maximum atomic E-state index is 13.4. The molecule has 28 heavy (non-hydrogen) atoms. The van der Waals surface area contributed by atoms with E-state index in [1.54, 1.807) is 0 Å². The van der Waals surface area contributed by atoms with Crippen LogP contribution in [0.5, 0.6) is 0 Å². The van der Waals surface area contributed by atoms with Crippen molar-refractivity contribution in [3.8, 4) is 0 Å². The van der Waals surface area contributed by atoms with Crippen LogP contribution in [0.2, 0.25) is 0 Å². The summed E-state index contributed by atoms with van der Waals surface area (Å²) in [4.78, 5) is 27.4. The predicted molar refractivity (Wildman–Crippen MR) is 110 cm³/mol. The van der Waals surface area contributed by atoms with Crippen LogP contribution in [0.4, 0.5) is 5.69 Å². The molecule has 3 nitrogen and oxygen atoms in total. The number of aryl methyl sites for hydroxylation is 1. The number of carbonyl (C=O) groups is 2. The van der Waals surface area contributed by atoms with Crippen LogP contribution < -0.4 is 4.90 Å². The van der Waals surface area contributed by atoms with Crippen molar-refractivity contribution in [2.75, 3.05) is 11.4 Å². The standard InChI is InChI=1S/C25H21NO2/c27-24-12-6-9-18-15-19(13-14-20(18)24)25(28)26-16-22(17-7-2-1-3-8-17)21-10-4-5-11-23(21)26/h1-5,7-8,10-11,13-15,22H,6,9,12,16H2. The largest absolute Gasteiger partial charge is 0.307 e. The third kappa shape index (κ3) is 2.75. The molecule has 0 fully saturated rings. The van der Waals surface area contributed by atoms with Gasteiger partial charge in [-0.25, -0.2) is 0 Å². The molecule has 0 saturated heterocycles. The summed E-state index contributed by atoms with van der Waals surface area (Å²) >= 11 is 0. The first-order valence-electron chi connectivity index (χ1n) is 9.84. The van der Waals surface area contributed by atoms with Crippen LogP contribution in [0.25, 0.3) is 0 Å². The van der Waals surface area contributed by atoms with Gasteiger partial charge in [0, 0.05) is 35.7 Å². The zero-order chi connectivity index (χ0) is 19.1. The molecule has 1 unspecified atom stereocenters. The molecule has 1 aliphatic heterocycles. The van der Waals surface area contributed by atoms with E-state index in [4.69, 9.17) is 0 Å². The van der Waals surface area contributed by atoms with Crippen LogP contribution in [0, 0.1) is 0 Å². The van der Waals surface area contributed by atoms with Gasteiger partial charge in [-0.05, 0) is 47.7 Å². The molecule has 0 radical (unpaired) electrons. The Morgan fingerprint density at radius 1 is 0.893 bits per heavy atom. The zero-order valence-corrected chi connectivity index (χ0v) is 15.6. The van der Waals surface area contributed by atoms with Crippen molar-refractivity contribution in [1.29, 1.82) is 0 Å². The molecular formula is C25H21NO2. The van der Waals surface area contributed by atoms with Gasteiger partial charge < -0.3 is 4.90 Å². The highest BCUT2D eigenvalue weighted by Gasteiger charge is 2.33. The minimum atomic E-state index is 0.00621. The number of fused-ring (bicyclic) bond motifs is 2. The number of amides is 1. The van der Waals surface area contributed by atoms with E-state index in [1.165, 1.54) is 11.1 Å². The van der Waals surface area contributed by atoms with Crippen LogP contribution >= 0.6 is 0 Å². The molecule has 0 aromatic heterocycles. The second-order valence-electron chi connectivity index (χ2n) is 7.59. The molecule has 0 spiro atoms. The van der Waals surface area contributed by atoms with Gasteiger partial charge in [-0.15, -0.1) is 0 Å². The first-order chi connectivity index (χ1) is 13.7. The molecule has 1 atom stereocenters. The van der Waals surface area contributed by atoms with Crippen molar-refractivity contribution >= 4 is 17.4 Å². The normalized spacial score (nSPS) is 17.9. The molecule has 1 aliphatic carbocycles. The molecule has 1 amide bonds. The van der Waals surface area contributed by atoms with Gasteiger partial charge >= 0.3 is 0 Å². The van der Waals surface area contributed by atoms with E-state index >= 15 is 0 Å².